The minimum Gasteiger partial charge on any atom is -0.382 e. The number of non-ortho nitro benzene ring substituents is 1. The van der Waals surface area contributed by atoms with Gasteiger partial charge in [0, 0.05) is 25.2 Å². The van der Waals surface area contributed by atoms with Crippen LogP contribution in [0, 0.1) is 10.1 Å². The summed E-state index contributed by atoms with van der Waals surface area (Å²) >= 11 is 0. The molecule has 132 valence electrons. The van der Waals surface area contributed by atoms with Crippen molar-refractivity contribution in [3.05, 3.63) is 39.9 Å². The number of aliphatic hydroxyl groups excluding tert-OH is 1. The Morgan fingerprint density at radius 1 is 1.17 bits per heavy atom. The van der Waals surface area contributed by atoms with Gasteiger partial charge in [0.2, 0.25) is 0 Å². The topological polar surface area (TPSA) is 83.7 Å². The average Bonchev–Trinajstić information content (AvgIpc) is 3.07. The first-order valence-corrected chi connectivity index (χ1v) is 7.06. The van der Waals surface area contributed by atoms with E-state index in [1.807, 2.05) is 0 Å². The molecule has 1 amide bonds. The van der Waals surface area contributed by atoms with E-state index >= 15 is 0 Å². The highest BCUT2D eigenvalue weighted by atomic mass is 19.3. The van der Waals surface area contributed by atoms with Gasteiger partial charge in [-0.25, -0.2) is 0 Å². The van der Waals surface area contributed by atoms with Gasteiger partial charge in [0.15, 0.2) is 0 Å². The average molecular weight is 350 g/mol. The molecular weight excluding hydrogens is 336 g/mol. The predicted octanol–water partition coefficient (Wildman–Crippen LogP) is 2.52. The molecule has 2 rings (SSSR count). The second-order valence-electron chi connectivity index (χ2n) is 5.45. The molecule has 0 bridgehead atoms. The third-order valence-corrected chi connectivity index (χ3v) is 3.84. The molecule has 1 aromatic rings. The minimum atomic E-state index is -5.10. The Hall–Kier alpha value is -2.23. The molecule has 1 saturated heterocycles. The smallest absolute Gasteiger partial charge is 0.382 e. The van der Waals surface area contributed by atoms with Gasteiger partial charge in [0.1, 0.15) is 6.10 Å². The summed E-state index contributed by atoms with van der Waals surface area (Å²) in [5.41, 5.74) is -1.10. The van der Waals surface area contributed by atoms with Gasteiger partial charge in [-0.05, 0) is 30.5 Å². The van der Waals surface area contributed by atoms with Crippen molar-refractivity contribution in [1.29, 1.82) is 0 Å². The molecule has 1 unspecified atom stereocenters. The Morgan fingerprint density at radius 3 is 2.12 bits per heavy atom. The molecule has 1 heterocycles. The van der Waals surface area contributed by atoms with Crippen molar-refractivity contribution in [1.82, 2.24) is 4.90 Å². The van der Waals surface area contributed by atoms with Crippen molar-refractivity contribution in [2.24, 2.45) is 0 Å². The van der Waals surface area contributed by atoms with Gasteiger partial charge in [-0.3, -0.25) is 14.9 Å². The SMILES string of the molecule is O=C(N1CCCC1)C(F)(F)C(F)(F)C(O)c1ccc([N+](=O)[O-])cc1. The summed E-state index contributed by atoms with van der Waals surface area (Å²) in [6.45, 7) is -0.0870. The number of hydrogen-bond acceptors (Lipinski definition) is 4. The quantitative estimate of drug-likeness (QED) is 0.502. The van der Waals surface area contributed by atoms with E-state index in [0.29, 0.717) is 17.7 Å². The molecule has 0 spiro atoms. The van der Waals surface area contributed by atoms with E-state index in [-0.39, 0.29) is 13.1 Å². The van der Waals surface area contributed by atoms with Gasteiger partial charge in [-0.15, -0.1) is 0 Å². The summed E-state index contributed by atoms with van der Waals surface area (Å²) in [5, 5.41) is 20.1. The lowest BCUT2D eigenvalue weighted by molar-refractivity contribution is -0.384. The Kier molecular flexibility index (Phi) is 4.79. The van der Waals surface area contributed by atoms with Crippen molar-refractivity contribution in [2.45, 2.75) is 30.8 Å². The minimum absolute atomic E-state index is 0.0435. The Balaban J connectivity index is 2.26. The predicted molar refractivity (Wildman–Crippen MR) is 73.8 cm³/mol. The van der Waals surface area contributed by atoms with Gasteiger partial charge in [0.25, 0.3) is 11.6 Å². The number of aliphatic hydroxyl groups is 1. The second kappa shape index (κ2) is 6.34. The van der Waals surface area contributed by atoms with Crippen LogP contribution in [-0.4, -0.2) is 45.8 Å². The lowest BCUT2D eigenvalue weighted by atomic mass is 9.97. The highest BCUT2D eigenvalue weighted by molar-refractivity contribution is 5.85. The monoisotopic (exact) mass is 350 g/mol. The van der Waals surface area contributed by atoms with Crippen LogP contribution in [0.5, 0.6) is 0 Å². The molecule has 1 fully saturated rings. The third kappa shape index (κ3) is 3.05. The van der Waals surface area contributed by atoms with Crippen LogP contribution >= 0.6 is 0 Å². The number of carbonyl (C=O) groups excluding carboxylic acids is 1. The zero-order valence-electron chi connectivity index (χ0n) is 12.3. The molecule has 1 aromatic carbocycles. The van der Waals surface area contributed by atoms with E-state index in [4.69, 9.17) is 0 Å². The van der Waals surface area contributed by atoms with E-state index in [9.17, 15) is 37.6 Å². The molecule has 10 heteroatoms. The van der Waals surface area contributed by atoms with Crippen molar-refractivity contribution < 1.29 is 32.4 Å². The van der Waals surface area contributed by atoms with Gasteiger partial charge in [-0.2, -0.15) is 17.6 Å². The number of nitro benzene ring substituents is 1. The molecule has 0 aromatic heterocycles. The standard InChI is InChI=1S/C14H14F4N2O4/c15-13(16,14(17,18)12(22)19-7-1-2-8-19)11(21)9-3-5-10(6-4-9)20(23)24/h3-6,11,21H,1-2,7-8H2. The molecule has 1 atom stereocenters. The van der Waals surface area contributed by atoms with E-state index in [2.05, 4.69) is 0 Å². The molecule has 0 aliphatic carbocycles. The normalized spacial score (nSPS) is 17.0. The van der Waals surface area contributed by atoms with Crippen LogP contribution in [0.15, 0.2) is 24.3 Å². The van der Waals surface area contributed by atoms with Crippen LogP contribution in [0.4, 0.5) is 23.2 Å². The number of likely N-dealkylation sites (tertiary alicyclic amines) is 1. The van der Waals surface area contributed by atoms with Gasteiger partial charge in [0.05, 0.1) is 4.92 Å². The van der Waals surface area contributed by atoms with Crippen molar-refractivity contribution in [3.8, 4) is 0 Å². The summed E-state index contributed by atoms with van der Waals surface area (Å²) in [5.74, 6) is -12.2. The lowest BCUT2D eigenvalue weighted by Gasteiger charge is -2.32. The van der Waals surface area contributed by atoms with Crippen LogP contribution in [0.2, 0.25) is 0 Å². The van der Waals surface area contributed by atoms with Gasteiger partial charge < -0.3 is 10.0 Å². The number of nitro groups is 1. The summed E-state index contributed by atoms with van der Waals surface area (Å²) in [6.07, 6.45) is -2.10. The maximum Gasteiger partial charge on any atom is 0.389 e. The van der Waals surface area contributed by atoms with Crippen LogP contribution < -0.4 is 0 Å². The highest BCUT2D eigenvalue weighted by Crippen LogP contribution is 2.45. The van der Waals surface area contributed by atoms with Gasteiger partial charge >= 0.3 is 11.8 Å². The summed E-state index contributed by atoms with van der Waals surface area (Å²) in [7, 11) is 0. The number of carbonyl (C=O) groups is 1. The third-order valence-electron chi connectivity index (χ3n) is 3.84. The molecule has 1 N–H and O–H groups in total. The number of alkyl halides is 4. The van der Waals surface area contributed by atoms with Crippen molar-refractivity contribution in [2.75, 3.05) is 13.1 Å². The molecule has 6 nitrogen and oxygen atoms in total. The number of nitrogens with zero attached hydrogens (tertiary/aromatic N) is 2. The Labute approximate surface area is 133 Å². The number of hydrogen-bond donors (Lipinski definition) is 1. The summed E-state index contributed by atoms with van der Waals surface area (Å²) in [4.78, 5) is 22.0. The number of rotatable bonds is 5. The largest absolute Gasteiger partial charge is 0.389 e. The van der Waals surface area contributed by atoms with E-state index in [1.54, 1.807) is 0 Å². The van der Waals surface area contributed by atoms with Crippen LogP contribution in [-0.2, 0) is 4.79 Å². The Bertz CT molecular complexity index is 630. The summed E-state index contributed by atoms with van der Waals surface area (Å²) < 4.78 is 56.1. The fraction of sp³-hybridized carbons (Fsp3) is 0.500. The maximum atomic E-state index is 14.1. The van der Waals surface area contributed by atoms with Gasteiger partial charge in [-0.1, -0.05) is 0 Å². The van der Waals surface area contributed by atoms with E-state index in [0.717, 1.165) is 24.3 Å². The maximum absolute atomic E-state index is 14.1. The number of amides is 1. The molecule has 1 aliphatic rings. The highest BCUT2D eigenvalue weighted by Gasteiger charge is 2.67. The summed E-state index contributed by atoms with van der Waals surface area (Å²) in [6, 6.07) is 3.09. The number of halogens is 4. The molecule has 0 saturated carbocycles. The first-order chi connectivity index (χ1) is 11.1. The van der Waals surface area contributed by atoms with Crippen molar-refractivity contribution >= 4 is 11.6 Å². The molecule has 0 radical (unpaired) electrons. The first kappa shape index (κ1) is 18.1. The van der Waals surface area contributed by atoms with Crippen LogP contribution in [0.25, 0.3) is 0 Å². The Morgan fingerprint density at radius 2 is 1.67 bits per heavy atom. The second-order valence-corrected chi connectivity index (χ2v) is 5.45. The zero-order chi connectivity index (χ0) is 18.1. The van der Waals surface area contributed by atoms with E-state index < -0.39 is 40.0 Å². The molecule has 1 aliphatic heterocycles. The fourth-order valence-electron chi connectivity index (χ4n) is 2.42. The van der Waals surface area contributed by atoms with E-state index in [1.165, 1.54) is 0 Å². The van der Waals surface area contributed by atoms with Crippen LogP contribution in [0.1, 0.15) is 24.5 Å². The van der Waals surface area contributed by atoms with Crippen molar-refractivity contribution in [3.63, 3.8) is 0 Å². The lowest BCUT2D eigenvalue weighted by Crippen LogP contribution is -2.55. The zero-order valence-corrected chi connectivity index (χ0v) is 12.3. The molecule has 24 heavy (non-hydrogen) atoms. The van der Waals surface area contributed by atoms with Crippen LogP contribution in [0.3, 0.4) is 0 Å². The number of benzene rings is 1. The first-order valence-electron chi connectivity index (χ1n) is 7.06. The molecular formula is C14H14F4N2O4. The fourth-order valence-corrected chi connectivity index (χ4v) is 2.42.